The summed E-state index contributed by atoms with van der Waals surface area (Å²) in [6.45, 7) is 2.27. The van der Waals surface area contributed by atoms with Gasteiger partial charge >= 0.3 is 0 Å². The minimum absolute atomic E-state index is 0.193. The van der Waals surface area contributed by atoms with Crippen LogP contribution in [0.4, 0.5) is 10.1 Å². The lowest BCUT2D eigenvalue weighted by molar-refractivity contribution is 0.103. The molecule has 5 rings (SSSR count). The van der Waals surface area contributed by atoms with Gasteiger partial charge in [-0.1, -0.05) is 18.2 Å². The predicted octanol–water partition coefficient (Wildman–Crippen LogP) is 7.30. The van der Waals surface area contributed by atoms with Crippen LogP contribution in [0.5, 0.6) is 5.75 Å². The van der Waals surface area contributed by atoms with E-state index in [1.807, 2.05) is 35.7 Å². The molecule has 1 amide bonds. The highest BCUT2D eigenvalue weighted by atomic mass is 32.1. The molecule has 0 unspecified atom stereocenters. The van der Waals surface area contributed by atoms with Gasteiger partial charge in [0.05, 0.1) is 15.1 Å². The number of amides is 1. The number of anilines is 1. The smallest absolute Gasteiger partial charge is 0.265 e. The van der Waals surface area contributed by atoms with Gasteiger partial charge in [0, 0.05) is 16.8 Å². The number of nitrogens with one attached hydrogen (secondary N) is 1. The number of thiazole rings is 1. The summed E-state index contributed by atoms with van der Waals surface area (Å²) in [6, 6.07) is 21.9. The third-order valence-corrected chi connectivity index (χ3v) is 7.09. The second-order valence-corrected chi connectivity index (χ2v) is 9.50. The Hall–Kier alpha value is -3.55. The molecule has 2 aromatic heterocycles. The van der Waals surface area contributed by atoms with Crippen LogP contribution in [0.25, 0.3) is 20.8 Å². The average molecular weight is 475 g/mol. The summed E-state index contributed by atoms with van der Waals surface area (Å²) in [5.74, 6) is -0.409. The fourth-order valence-electron chi connectivity index (χ4n) is 3.34. The largest absolute Gasteiger partial charge is 0.486 e. The fourth-order valence-corrected chi connectivity index (χ4v) is 5.20. The van der Waals surface area contributed by atoms with E-state index in [1.165, 1.54) is 23.0 Å². The van der Waals surface area contributed by atoms with Crippen LogP contribution >= 0.6 is 22.7 Å². The van der Waals surface area contributed by atoms with Crippen LogP contribution in [0.1, 0.15) is 20.8 Å². The summed E-state index contributed by atoms with van der Waals surface area (Å²) in [7, 11) is 0. The number of rotatable bonds is 6. The Morgan fingerprint density at radius 1 is 1.06 bits per heavy atom. The lowest BCUT2D eigenvalue weighted by Gasteiger charge is -2.05. The van der Waals surface area contributed by atoms with Gasteiger partial charge in [0.15, 0.2) is 11.6 Å². The second kappa shape index (κ2) is 9.13. The number of benzene rings is 3. The van der Waals surface area contributed by atoms with E-state index < -0.39 is 5.82 Å². The molecule has 0 aliphatic heterocycles. The van der Waals surface area contributed by atoms with Crippen LogP contribution < -0.4 is 10.1 Å². The monoisotopic (exact) mass is 474 g/mol. The lowest BCUT2D eigenvalue weighted by atomic mass is 10.2. The molecule has 1 N–H and O–H groups in total. The zero-order valence-electron chi connectivity index (χ0n) is 17.7. The topological polar surface area (TPSA) is 51.2 Å². The van der Waals surface area contributed by atoms with Gasteiger partial charge in [-0.15, -0.1) is 22.7 Å². The molecule has 7 heteroatoms. The molecule has 0 radical (unpaired) electrons. The molecule has 2 heterocycles. The van der Waals surface area contributed by atoms with Crippen molar-refractivity contribution in [3.05, 3.63) is 100.0 Å². The number of ether oxygens (including phenoxy) is 1. The van der Waals surface area contributed by atoms with E-state index in [1.54, 1.807) is 35.6 Å². The molecule has 0 aliphatic rings. The number of para-hydroxylation sites is 1. The Morgan fingerprint density at radius 2 is 1.88 bits per heavy atom. The van der Waals surface area contributed by atoms with E-state index >= 15 is 0 Å². The standard InChI is InChI=1S/C26H19FN2O2S2/c1-16-6-11-21-23(12-16)33-26(29-21)18-7-9-19(10-8-18)28-25(30)24-13-17(15-32-24)14-31-22-5-3-2-4-20(22)27/h2-13,15H,14H2,1H3,(H,28,30). The van der Waals surface area contributed by atoms with E-state index in [2.05, 4.69) is 24.4 Å². The minimum Gasteiger partial charge on any atom is -0.486 e. The molecule has 164 valence electrons. The van der Waals surface area contributed by atoms with Gasteiger partial charge in [-0.25, -0.2) is 9.37 Å². The minimum atomic E-state index is -0.407. The number of carbonyl (C=O) groups excluding carboxylic acids is 1. The number of aryl methyl sites for hydroxylation is 1. The molecule has 33 heavy (non-hydrogen) atoms. The molecular weight excluding hydrogens is 455 g/mol. The summed E-state index contributed by atoms with van der Waals surface area (Å²) < 4.78 is 20.4. The molecule has 0 saturated carbocycles. The van der Waals surface area contributed by atoms with Crippen molar-refractivity contribution in [2.75, 3.05) is 5.32 Å². The van der Waals surface area contributed by atoms with Crippen LogP contribution in [0.2, 0.25) is 0 Å². The quantitative estimate of drug-likeness (QED) is 0.281. The maximum atomic E-state index is 13.7. The van der Waals surface area contributed by atoms with E-state index in [9.17, 15) is 9.18 Å². The van der Waals surface area contributed by atoms with Crippen molar-refractivity contribution in [2.24, 2.45) is 0 Å². The van der Waals surface area contributed by atoms with Gasteiger partial charge in [-0.3, -0.25) is 4.79 Å². The molecule has 5 aromatic rings. The number of hydrogen-bond donors (Lipinski definition) is 1. The molecule has 4 nitrogen and oxygen atoms in total. The summed E-state index contributed by atoms with van der Waals surface area (Å²) in [5, 5.41) is 5.71. The number of hydrogen-bond acceptors (Lipinski definition) is 5. The molecule has 0 saturated heterocycles. The van der Waals surface area contributed by atoms with Crippen LogP contribution in [0.3, 0.4) is 0 Å². The number of aromatic nitrogens is 1. The zero-order valence-corrected chi connectivity index (χ0v) is 19.3. The summed E-state index contributed by atoms with van der Waals surface area (Å²) in [6.07, 6.45) is 0. The first kappa shape index (κ1) is 21.3. The normalized spacial score (nSPS) is 11.0. The Bertz CT molecular complexity index is 1440. The number of thiophene rings is 1. The van der Waals surface area contributed by atoms with Crippen LogP contribution in [0.15, 0.2) is 78.2 Å². The van der Waals surface area contributed by atoms with E-state index in [0.717, 1.165) is 26.4 Å². The molecule has 0 spiro atoms. The van der Waals surface area contributed by atoms with Crippen LogP contribution in [-0.2, 0) is 6.61 Å². The highest BCUT2D eigenvalue weighted by Gasteiger charge is 2.12. The predicted molar refractivity (Wildman–Crippen MR) is 133 cm³/mol. The third kappa shape index (κ3) is 4.79. The summed E-state index contributed by atoms with van der Waals surface area (Å²) >= 11 is 2.98. The van der Waals surface area contributed by atoms with Gasteiger partial charge in [0.2, 0.25) is 0 Å². The van der Waals surface area contributed by atoms with Gasteiger partial charge in [-0.05, 0) is 72.5 Å². The number of halogens is 1. The number of fused-ring (bicyclic) bond motifs is 1. The molecular formula is C26H19FN2O2S2. The molecule has 0 bridgehead atoms. The molecule has 0 aliphatic carbocycles. The first-order valence-corrected chi connectivity index (χ1v) is 12.0. The number of nitrogens with zero attached hydrogens (tertiary/aromatic N) is 1. The van der Waals surface area contributed by atoms with Gasteiger partial charge in [0.25, 0.3) is 5.91 Å². The van der Waals surface area contributed by atoms with E-state index in [0.29, 0.717) is 10.6 Å². The second-order valence-electron chi connectivity index (χ2n) is 7.56. The summed E-state index contributed by atoms with van der Waals surface area (Å²) in [4.78, 5) is 17.9. The lowest BCUT2D eigenvalue weighted by Crippen LogP contribution is -2.10. The summed E-state index contributed by atoms with van der Waals surface area (Å²) in [5.41, 5.74) is 4.74. The van der Waals surface area contributed by atoms with E-state index in [-0.39, 0.29) is 18.3 Å². The Morgan fingerprint density at radius 3 is 2.70 bits per heavy atom. The van der Waals surface area contributed by atoms with Crippen molar-refractivity contribution in [3.8, 4) is 16.3 Å². The average Bonchev–Trinajstić information content (AvgIpc) is 3.46. The fraction of sp³-hybridized carbons (Fsp3) is 0.0769. The van der Waals surface area contributed by atoms with Gasteiger partial charge < -0.3 is 10.1 Å². The molecule has 3 aromatic carbocycles. The maximum Gasteiger partial charge on any atom is 0.265 e. The van der Waals surface area contributed by atoms with Crippen molar-refractivity contribution < 1.29 is 13.9 Å². The zero-order chi connectivity index (χ0) is 22.8. The first-order valence-electron chi connectivity index (χ1n) is 10.3. The third-order valence-electron chi connectivity index (χ3n) is 5.04. The molecule has 0 atom stereocenters. The Labute approximate surface area is 198 Å². The van der Waals surface area contributed by atoms with Gasteiger partial charge in [-0.2, -0.15) is 0 Å². The maximum absolute atomic E-state index is 13.7. The Kier molecular flexibility index (Phi) is 5.90. The molecule has 0 fully saturated rings. The SMILES string of the molecule is Cc1ccc2nc(-c3ccc(NC(=O)c4cc(COc5ccccc5F)cs4)cc3)sc2c1. The highest BCUT2D eigenvalue weighted by molar-refractivity contribution is 7.21. The van der Waals surface area contributed by atoms with Gasteiger partial charge in [0.1, 0.15) is 11.6 Å². The Balaban J connectivity index is 1.23. The van der Waals surface area contributed by atoms with Crippen molar-refractivity contribution in [1.29, 1.82) is 0 Å². The van der Waals surface area contributed by atoms with Crippen molar-refractivity contribution >= 4 is 44.5 Å². The van der Waals surface area contributed by atoms with Crippen molar-refractivity contribution in [2.45, 2.75) is 13.5 Å². The highest BCUT2D eigenvalue weighted by Crippen LogP contribution is 2.31. The first-order chi connectivity index (χ1) is 16.0. The van der Waals surface area contributed by atoms with Crippen molar-refractivity contribution in [1.82, 2.24) is 4.98 Å². The van der Waals surface area contributed by atoms with Crippen LogP contribution in [0, 0.1) is 12.7 Å². The van der Waals surface area contributed by atoms with Crippen molar-refractivity contribution in [3.63, 3.8) is 0 Å². The van der Waals surface area contributed by atoms with E-state index in [4.69, 9.17) is 9.72 Å². The van der Waals surface area contributed by atoms with Crippen LogP contribution in [-0.4, -0.2) is 10.9 Å². The number of carbonyl (C=O) groups is 1.